The molecule has 0 atom stereocenters. The molecule has 36 heavy (non-hydrogen) atoms. The molecule has 9 heteroatoms. The summed E-state index contributed by atoms with van der Waals surface area (Å²) in [7, 11) is 0. The second kappa shape index (κ2) is 8.51. The van der Waals surface area contributed by atoms with Crippen LogP contribution < -0.4 is 20.5 Å². The van der Waals surface area contributed by atoms with Crippen molar-refractivity contribution >= 4 is 22.6 Å². The number of benzene rings is 1. The van der Waals surface area contributed by atoms with Gasteiger partial charge in [-0.2, -0.15) is 0 Å². The van der Waals surface area contributed by atoms with Crippen LogP contribution in [0.1, 0.15) is 41.3 Å². The van der Waals surface area contributed by atoms with Crippen LogP contribution in [0, 0.1) is 18.3 Å². The number of aromatic nitrogens is 3. The number of carbonyl (C=O) groups excluding carboxylic acids is 1. The predicted octanol–water partition coefficient (Wildman–Crippen LogP) is 3.09. The molecule has 3 aromatic heterocycles. The van der Waals surface area contributed by atoms with Crippen molar-refractivity contribution in [2.45, 2.75) is 33.2 Å². The molecular formula is C27H27N5O4. The molecule has 1 saturated heterocycles. The van der Waals surface area contributed by atoms with Crippen molar-refractivity contribution in [1.82, 2.24) is 18.9 Å². The van der Waals surface area contributed by atoms with Gasteiger partial charge < -0.3 is 18.9 Å². The highest BCUT2D eigenvalue weighted by Crippen LogP contribution is 2.32. The van der Waals surface area contributed by atoms with Crippen molar-refractivity contribution in [2.75, 3.05) is 19.9 Å². The summed E-state index contributed by atoms with van der Waals surface area (Å²) in [6.07, 6.45) is 3.54. The third-order valence-electron chi connectivity index (χ3n) is 7.21. The van der Waals surface area contributed by atoms with Crippen LogP contribution in [0.15, 0.2) is 47.4 Å². The summed E-state index contributed by atoms with van der Waals surface area (Å²) < 4.78 is 14.1. The van der Waals surface area contributed by atoms with Gasteiger partial charge in [0.15, 0.2) is 11.5 Å². The van der Waals surface area contributed by atoms with Gasteiger partial charge in [0.1, 0.15) is 16.8 Å². The van der Waals surface area contributed by atoms with Gasteiger partial charge in [0.25, 0.3) is 11.5 Å². The molecule has 9 nitrogen and oxygen atoms in total. The first-order valence-corrected chi connectivity index (χ1v) is 12.2. The largest absolute Gasteiger partial charge is 0.454 e. The van der Waals surface area contributed by atoms with Gasteiger partial charge in [-0.3, -0.25) is 19.4 Å². The molecule has 0 bridgehead atoms. The molecule has 2 aliphatic rings. The molecule has 0 spiro atoms. The minimum atomic E-state index is -0.264. The number of ether oxygens (including phenoxy) is 2. The van der Waals surface area contributed by atoms with Crippen molar-refractivity contribution in [3.63, 3.8) is 0 Å². The van der Waals surface area contributed by atoms with Crippen LogP contribution in [-0.2, 0) is 6.54 Å². The van der Waals surface area contributed by atoms with Crippen LogP contribution in [0.2, 0.25) is 0 Å². The Hall–Kier alpha value is -4.14. The van der Waals surface area contributed by atoms with E-state index in [1.807, 2.05) is 31.2 Å². The summed E-state index contributed by atoms with van der Waals surface area (Å²) in [6.45, 7) is 5.79. The minimum absolute atomic E-state index is 0.0358. The Labute approximate surface area is 207 Å². The minimum Gasteiger partial charge on any atom is -0.454 e. The van der Waals surface area contributed by atoms with Crippen LogP contribution >= 0.6 is 0 Å². The van der Waals surface area contributed by atoms with Crippen LogP contribution in [0.4, 0.5) is 0 Å². The van der Waals surface area contributed by atoms with E-state index in [0.29, 0.717) is 47.2 Å². The number of likely N-dealkylation sites (tertiary alicyclic amines) is 1. The molecule has 0 radical (unpaired) electrons. The summed E-state index contributed by atoms with van der Waals surface area (Å²) in [5, 5.41) is 9.37. The third kappa shape index (κ3) is 3.62. The average Bonchev–Trinajstić information content (AvgIpc) is 3.35. The Morgan fingerprint density at radius 3 is 2.69 bits per heavy atom. The summed E-state index contributed by atoms with van der Waals surface area (Å²) in [6, 6.07) is 10.8. The Morgan fingerprint density at radius 1 is 1.11 bits per heavy atom. The number of pyridine rings is 2. The van der Waals surface area contributed by atoms with Crippen LogP contribution in [0.25, 0.3) is 16.7 Å². The van der Waals surface area contributed by atoms with E-state index in [0.717, 1.165) is 24.0 Å². The Morgan fingerprint density at radius 2 is 1.89 bits per heavy atom. The van der Waals surface area contributed by atoms with Crippen LogP contribution in [-0.4, -0.2) is 44.6 Å². The Balaban J connectivity index is 1.56. The zero-order chi connectivity index (χ0) is 25.0. The van der Waals surface area contributed by atoms with E-state index in [9.17, 15) is 9.59 Å². The summed E-state index contributed by atoms with van der Waals surface area (Å²) in [4.78, 5) is 33.8. The molecule has 0 aliphatic carbocycles. The number of piperidine rings is 1. The van der Waals surface area contributed by atoms with Gasteiger partial charge in [-0.25, -0.2) is 4.98 Å². The fourth-order valence-electron chi connectivity index (χ4n) is 5.02. The average molecular weight is 486 g/mol. The number of nitrogens with zero attached hydrogens (tertiary/aromatic N) is 4. The molecule has 1 amide bonds. The van der Waals surface area contributed by atoms with E-state index < -0.39 is 0 Å². The zero-order valence-electron chi connectivity index (χ0n) is 20.3. The number of carbonyl (C=O) groups is 1. The number of hydrogen-bond acceptors (Lipinski definition) is 6. The first kappa shape index (κ1) is 22.3. The third-order valence-corrected chi connectivity index (χ3v) is 7.21. The molecule has 1 N–H and O–H groups in total. The number of nitrogens with one attached hydrogen (secondary N) is 1. The predicted molar refractivity (Wildman–Crippen MR) is 134 cm³/mol. The van der Waals surface area contributed by atoms with Gasteiger partial charge in [-0.1, -0.05) is 19.1 Å². The van der Waals surface area contributed by atoms with Gasteiger partial charge in [-0.15, -0.1) is 0 Å². The maximum atomic E-state index is 13.6. The maximum Gasteiger partial charge on any atom is 0.267 e. The highest BCUT2D eigenvalue weighted by Gasteiger charge is 2.25. The van der Waals surface area contributed by atoms with E-state index >= 15 is 0 Å². The highest BCUT2D eigenvalue weighted by atomic mass is 16.7. The van der Waals surface area contributed by atoms with Gasteiger partial charge in [0.2, 0.25) is 6.79 Å². The van der Waals surface area contributed by atoms with Crippen molar-refractivity contribution in [1.29, 1.82) is 5.41 Å². The van der Waals surface area contributed by atoms with Gasteiger partial charge >= 0.3 is 0 Å². The van der Waals surface area contributed by atoms with Gasteiger partial charge in [0, 0.05) is 19.3 Å². The molecule has 184 valence electrons. The molecule has 1 aromatic carbocycles. The smallest absolute Gasteiger partial charge is 0.267 e. The van der Waals surface area contributed by atoms with E-state index in [2.05, 4.69) is 6.92 Å². The van der Waals surface area contributed by atoms with Crippen molar-refractivity contribution < 1.29 is 14.3 Å². The second-order valence-electron chi connectivity index (χ2n) is 9.69. The lowest BCUT2D eigenvalue weighted by atomic mass is 9.98. The quantitative estimate of drug-likeness (QED) is 0.450. The lowest BCUT2D eigenvalue weighted by molar-refractivity contribution is 0.0694. The van der Waals surface area contributed by atoms with Crippen molar-refractivity contribution in [3.05, 3.63) is 75.1 Å². The molecular weight excluding hydrogens is 458 g/mol. The lowest BCUT2D eigenvalue weighted by Gasteiger charge is -2.30. The van der Waals surface area contributed by atoms with Crippen LogP contribution in [0.3, 0.4) is 0 Å². The summed E-state index contributed by atoms with van der Waals surface area (Å²) in [5.74, 6) is 1.65. The molecule has 4 aromatic rings. The number of fused-ring (bicyclic) bond motifs is 3. The topological polar surface area (TPSA) is 102 Å². The highest BCUT2D eigenvalue weighted by molar-refractivity contribution is 5.97. The number of hydrogen-bond donors (Lipinski definition) is 1. The molecule has 2 aliphatic heterocycles. The first-order chi connectivity index (χ1) is 17.4. The first-order valence-electron chi connectivity index (χ1n) is 12.2. The van der Waals surface area contributed by atoms with Gasteiger partial charge in [-0.05, 0) is 61.1 Å². The SMILES string of the molecule is Cc1cccn2c(=O)c3cc(C(=O)N4CCC(C)CC4)c(=N)n(Cc4ccc5c(c4)OCO5)c3nc12. The van der Waals surface area contributed by atoms with E-state index in [1.54, 1.807) is 27.8 Å². The Kier molecular flexibility index (Phi) is 5.28. The van der Waals surface area contributed by atoms with Gasteiger partial charge in [0.05, 0.1) is 17.5 Å². The fourth-order valence-corrected chi connectivity index (χ4v) is 5.02. The number of rotatable bonds is 3. The molecule has 5 heterocycles. The molecule has 0 saturated carbocycles. The molecule has 1 fully saturated rings. The maximum absolute atomic E-state index is 13.6. The van der Waals surface area contributed by atoms with Crippen molar-refractivity contribution in [3.8, 4) is 11.5 Å². The summed E-state index contributed by atoms with van der Waals surface area (Å²) >= 11 is 0. The molecule has 6 rings (SSSR count). The number of amides is 1. The lowest BCUT2D eigenvalue weighted by Crippen LogP contribution is -2.41. The Bertz CT molecular complexity index is 1650. The van der Waals surface area contributed by atoms with E-state index in [1.165, 1.54) is 4.40 Å². The summed E-state index contributed by atoms with van der Waals surface area (Å²) in [5.41, 5.74) is 2.58. The standard InChI is InChI=1S/C27H27N5O4/c1-16-7-10-30(11-8-16)26(33)19-13-20-25(29-24-17(2)4-3-9-31(24)27(20)34)32(23(19)28)14-18-5-6-21-22(12-18)36-15-35-21/h3-6,9,12-13,16,28H,7-8,10-11,14-15H2,1-2H3. The molecule has 0 unspecified atom stereocenters. The monoisotopic (exact) mass is 485 g/mol. The van der Waals surface area contributed by atoms with E-state index in [-0.39, 0.29) is 35.9 Å². The fraction of sp³-hybridized carbons (Fsp3) is 0.333. The second-order valence-corrected chi connectivity index (χ2v) is 9.69. The van der Waals surface area contributed by atoms with Crippen molar-refractivity contribution in [2.24, 2.45) is 5.92 Å². The van der Waals surface area contributed by atoms with E-state index in [4.69, 9.17) is 19.9 Å². The van der Waals surface area contributed by atoms with Crippen LogP contribution in [0.5, 0.6) is 11.5 Å². The number of aryl methyl sites for hydroxylation is 1. The normalized spacial score (nSPS) is 15.7. The zero-order valence-corrected chi connectivity index (χ0v) is 20.3.